The second kappa shape index (κ2) is 6.65. The maximum atomic E-state index is 11.9. The fraction of sp³-hybridized carbons (Fsp3) is 0.188. The molecular weight excluding hydrogens is 268 g/mol. The minimum atomic E-state index is -0.206. The number of nitrogen functional groups attached to an aromatic ring is 1. The standard InChI is InChI=1S/C16H18N2O3/c1-11-10-12(6-7-14(11)19)16(20)18-8-9-21-15-5-3-2-4-13(15)17/h2-7,10,19H,8-9,17H2,1H3,(H,18,20). The minimum Gasteiger partial charge on any atom is -0.508 e. The highest BCUT2D eigenvalue weighted by Crippen LogP contribution is 2.19. The number of rotatable bonds is 5. The van der Waals surface area contributed by atoms with Crippen LogP contribution in [0.4, 0.5) is 5.69 Å². The molecule has 110 valence electrons. The quantitative estimate of drug-likeness (QED) is 0.580. The van der Waals surface area contributed by atoms with Crippen LogP contribution in [0, 0.1) is 6.92 Å². The summed E-state index contributed by atoms with van der Waals surface area (Å²) in [5.74, 6) is 0.574. The molecule has 0 unspecified atom stereocenters. The van der Waals surface area contributed by atoms with E-state index in [-0.39, 0.29) is 11.7 Å². The normalized spacial score (nSPS) is 10.1. The molecule has 5 nitrogen and oxygen atoms in total. The van der Waals surface area contributed by atoms with Gasteiger partial charge < -0.3 is 20.9 Å². The number of hydrogen-bond acceptors (Lipinski definition) is 4. The molecule has 2 aromatic carbocycles. The summed E-state index contributed by atoms with van der Waals surface area (Å²) in [5, 5.41) is 12.2. The highest BCUT2D eigenvalue weighted by molar-refractivity contribution is 5.94. The summed E-state index contributed by atoms with van der Waals surface area (Å²) in [6.07, 6.45) is 0. The Morgan fingerprint density at radius 1 is 1.29 bits per heavy atom. The fourth-order valence-corrected chi connectivity index (χ4v) is 1.84. The Bertz CT molecular complexity index is 641. The number of benzene rings is 2. The maximum absolute atomic E-state index is 11.9. The number of nitrogens with one attached hydrogen (secondary N) is 1. The van der Waals surface area contributed by atoms with Gasteiger partial charge in [-0.25, -0.2) is 0 Å². The molecule has 0 bridgehead atoms. The summed E-state index contributed by atoms with van der Waals surface area (Å²) in [4.78, 5) is 11.9. The lowest BCUT2D eigenvalue weighted by Crippen LogP contribution is -2.28. The van der Waals surface area contributed by atoms with Crippen LogP contribution in [-0.2, 0) is 0 Å². The Morgan fingerprint density at radius 3 is 2.76 bits per heavy atom. The average molecular weight is 286 g/mol. The van der Waals surface area contributed by atoms with E-state index in [9.17, 15) is 9.90 Å². The van der Waals surface area contributed by atoms with Gasteiger partial charge in [-0.15, -0.1) is 0 Å². The van der Waals surface area contributed by atoms with Gasteiger partial charge in [0.2, 0.25) is 0 Å². The van der Waals surface area contributed by atoms with Gasteiger partial charge in [-0.1, -0.05) is 12.1 Å². The van der Waals surface area contributed by atoms with Crippen LogP contribution in [-0.4, -0.2) is 24.2 Å². The SMILES string of the molecule is Cc1cc(C(=O)NCCOc2ccccc2N)ccc1O. The van der Waals surface area contributed by atoms with E-state index in [0.717, 1.165) is 0 Å². The van der Waals surface area contributed by atoms with Crippen molar-refractivity contribution in [3.63, 3.8) is 0 Å². The molecule has 2 aromatic rings. The maximum Gasteiger partial charge on any atom is 0.251 e. The lowest BCUT2D eigenvalue weighted by Gasteiger charge is -2.10. The predicted molar refractivity (Wildman–Crippen MR) is 81.5 cm³/mol. The van der Waals surface area contributed by atoms with Crippen molar-refractivity contribution in [3.05, 3.63) is 53.6 Å². The molecule has 0 aliphatic rings. The van der Waals surface area contributed by atoms with Crippen molar-refractivity contribution >= 4 is 11.6 Å². The zero-order valence-corrected chi connectivity index (χ0v) is 11.8. The number of para-hydroxylation sites is 2. The molecule has 21 heavy (non-hydrogen) atoms. The molecule has 0 fully saturated rings. The van der Waals surface area contributed by atoms with Crippen molar-refractivity contribution in [1.82, 2.24) is 5.32 Å². The molecule has 0 aliphatic carbocycles. The van der Waals surface area contributed by atoms with E-state index in [1.54, 1.807) is 31.2 Å². The number of carbonyl (C=O) groups is 1. The molecule has 0 radical (unpaired) electrons. The van der Waals surface area contributed by atoms with Gasteiger partial charge in [-0.3, -0.25) is 4.79 Å². The number of nitrogens with two attached hydrogens (primary N) is 1. The number of carbonyl (C=O) groups excluding carboxylic acids is 1. The number of phenolic OH excluding ortho intramolecular Hbond substituents is 1. The second-order valence-electron chi connectivity index (χ2n) is 4.64. The van der Waals surface area contributed by atoms with Crippen LogP contribution in [0.3, 0.4) is 0 Å². The largest absolute Gasteiger partial charge is 0.508 e. The molecule has 2 rings (SSSR count). The predicted octanol–water partition coefficient (Wildman–Crippen LogP) is 2.09. The molecule has 5 heteroatoms. The van der Waals surface area contributed by atoms with E-state index in [1.807, 2.05) is 12.1 Å². The van der Waals surface area contributed by atoms with Crippen molar-refractivity contribution in [2.24, 2.45) is 0 Å². The Balaban J connectivity index is 1.82. The summed E-state index contributed by atoms with van der Waals surface area (Å²) in [6, 6.07) is 11.9. The average Bonchev–Trinajstić information content (AvgIpc) is 2.48. The van der Waals surface area contributed by atoms with Gasteiger partial charge in [0.15, 0.2) is 0 Å². The first-order valence-corrected chi connectivity index (χ1v) is 6.63. The second-order valence-corrected chi connectivity index (χ2v) is 4.64. The minimum absolute atomic E-state index is 0.175. The molecule has 0 atom stereocenters. The lowest BCUT2D eigenvalue weighted by atomic mass is 10.1. The van der Waals surface area contributed by atoms with Gasteiger partial charge >= 0.3 is 0 Å². The smallest absolute Gasteiger partial charge is 0.251 e. The molecule has 0 saturated heterocycles. The first kappa shape index (κ1) is 14.7. The number of anilines is 1. The molecule has 0 spiro atoms. The van der Waals surface area contributed by atoms with Crippen LogP contribution in [0.25, 0.3) is 0 Å². The molecule has 0 aliphatic heterocycles. The highest BCUT2D eigenvalue weighted by atomic mass is 16.5. The van der Waals surface area contributed by atoms with E-state index >= 15 is 0 Å². The van der Waals surface area contributed by atoms with E-state index in [1.165, 1.54) is 6.07 Å². The van der Waals surface area contributed by atoms with E-state index in [0.29, 0.717) is 35.7 Å². The van der Waals surface area contributed by atoms with Crippen molar-refractivity contribution in [2.75, 3.05) is 18.9 Å². The number of amides is 1. The molecular formula is C16H18N2O3. The Kier molecular flexibility index (Phi) is 4.66. The third kappa shape index (κ3) is 3.89. The van der Waals surface area contributed by atoms with Crippen molar-refractivity contribution in [3.8, 4) is 11.5 Å². The summed E-state index contributed by atoms with van der Waals surface area (Å²) in [6.45, 7) is 2.44. The van der Waals surface area contributed by atoms with E-state index in [4.69, 9.17) is 10.5 Å². The van der Waals surface area contributed by atoms with Crippen LogP contribution in [0.5, 0.6) is 11.5 Å². The van der Waals surface area contributed by atoms with Gasteiger partial charge in [0.1, 0.15) is 18.1 Å². The highest BCUT2D eigenvalue weighted by Gasteiger charge is 2.07. The molecule has 0 aromatic heterocycles. The van der Waals surface area contributed by atoms with Gasteiger partial charge in [-0.2, -0.15) is 0 Å². The monoisotopic (exact) mass is 286 g/mol. The van der Waals surface area contributed by atoms with Gasteiger partial charge in [0.25, 0.3) is 5.91 Å². The van der Waals surface area contributed by atoms with Gasteiger partial charge in [-0.05, 0) is 42.8 Å². The third-order valence-electron chi connectivity index (χ3n) is 3.02. The van der Waals surface area contributed by atoms with Crippen molar-refractivity contribution < 1.29 is 14.6 Å². The number of ether oxygens (including phenoxy) is 1. The number of hydrogen-bond donors (Lipinski definition) is 3. The number of aryl methyl sites for hydroxylation is 1. The number of aromatic hydroxyl groups is 1. The van der Waals surface area contributed by atoms with Crippen molar-refractivity contribution in [2.45, 2.75) is 6.92 Å². The summed E-state index contributed by atoms with van der Waals surface area (Å²) < 4.78 is 5.49. The Hall–Kier alpha value is -2.69. The summed E-state index contributed by atoms with van der Waals surface area (Å²) in [7, 11) is 0. The first-order valence-electron chi connectivity index (χ1n) is 6.63. The summed E-state index contributed by atoms with van der Waals surface area (Å²) >= 11 is 0. The van der Waals surface area contributed by atoms with Crippen LogP contribution in [0.2, 0.25) is 0 Å². The van der Waals surface area contributed by atoms with Crippen LogP contribution >= 0.6 is 0 Å². The van der Waals surface area contributed by atoms with Gasteiger partial charge in [0, 0.05) is 5.56 Å². The zero-order chi connectivity index (χ0) is 15.2. The Morgan fingerprint density at radius 2 is 2.05 bits per heavy atom. The zero-order valence-electron chi connectivity index (χ0n) is 11.8. The van der Waals surface area contributed by atoms with Crippen LogP contribution in [0.15, 0.2) is 42.5 Å². The third-order valence-corrected chi connectivity index (χ3v) is 3.02. The Labute approximate surface area is 123 Å². The van der Waals surface area contributed by atoms with Crippen LogP contribution < -0.4 is 15.8 Å². The number of phenols is 1. The molecule has 0 heterocycles. The molecule has 4 N–H and O–H groups in total. The summed E-state index contributed by atoms with van der Waals surface area (Å²) in [5.41, 5.74) is 7.48. The topological polar surface area (TPSA) is 84.6 Å². The van der Waals surface area contributed by atoms with Crippen LogP contribution in [0.1, 0.15) is 15.9 Å². The molecule has 0 saturated carbocycles. The van der Waals surface area contributed by atoms with E-state index < -0.39 is 0 Å². The molecule has 1 amide bonds. The lowest BCUT2D eigenvalue weighted by molar-refractivity contribution is 0.0947. The van der Waals surface area contributed by atoms with Gasteiger partial charge in [0.05, 0.1) is 12.2 Å². The first-order chi connectivity index (χ1) is 10.1. The van der Waals surface area contributed by atoms with E-state index in [2.05, 4.69) is 5.32 Å². The van der Waals surface area contributed by atoms with Crippen molar-refractivity contribution in [1.29, 1.82) is 0 Å². The fourth-order valence-electron chi connectivity index (χ4n) is 1.84.